The van der Waals surface area contributed by atoms with Gasteiger partial charge in [-0.2, -0.15) is 0 Å². The van der Waals surface area contributed by atoms with Crippen LogP contribution in [0.2, 0.25) is 10.0 Å². The molecule has 0 aliphatic heterocycles. The molecular weight excluding hydrogens is 279 g/mol. The number of benzene rings is 1. The Bertz CT molecular complexity index is 403. The lowest BCUT2D eigenvalue weighted by Gasteiger charge is -2.19. The molecule has 0 aromatic heterocycles. The third-order valence-electron chi connectivity index (χ3n) is 4.11. The van der Waals surface area contributed by atoms with Crippen molar-refractivity contribution in [1.82, 2.24) is 5.43 Å². The molecule has 3 N–H and O–H groups in total. The van der Waals surface area contributed by atoms with E-state index in [1.807, 2.05) is 18.2 Å². The van der Waals surface area contributed by atoms with E-state index in [0.29, 0.717) is 0 Å². The molecule has 1 unspecified atom stereocenters. The van der Waals surface area contributed by atoms with Gasteiger partial charge in [-0.15, -0.1) is 0 Å². The van der Waals surface area contributed by atoms with Gasteiger partial charge in [0.05, 0.1) is 0 Å². The number of halogens is 2. The summed E-state index contributed by atoms with van der Waals surface area (Å²) in [7, 11) is 0. The van der Waals surface area contributed by atoms with Crippen LogP contribution in [0, 0.1) is 5.92 Å². The lowest BCUT2D eigenvalue weighted by atomic mass is 9.95. The average Bonchev–Trinajstić information content (AvgIpc) is 2.91. The highest BCUT2D eigenvalue weighted by atomic mass is 35.5. The topological polar surface area (TPSA) is 38.0 Å². The molecule has 2 rings (SSSR count). The summed E-state index contributed by atoms with van der Waals surface area (Å²) in [6.07, 6.45) is 8.75. The molecule has 106 valence electrons. The number of hydrazine groups is 1. The van der Waals surface area contributed by atoms with Crippen LogP contribution in [0.15, 0.2) is 18.2 Å². The highest BCUT2D eigenvalue weighted by Gasteiger charge is 2.17. The molecule has 1 aliphatic rings. The van der Waals surface area contributed by atoms with Crippen molar-refractivity contribution in [1.29, 1.82) is 0 Å². The number of rotatable bonds is 6. The summed E-state index contributed by atoms with van der Waals surface area (Å²) in [5, 5.41) is 1.50. The van der Waals surface area contributed by atoms with Crippen molar-refractivity contribution in [3.8, 4) is 0 Å². The van der Waals surface area contributed by atoms with E-state index in [2.05, 4.69) is 5.43 Å². The van der Waals surface area contributed by atoms with E-state index in [9.17, 15) is 0 Å². The second-order valence-corrected chi connectivity index (χ2v) is 6.37. The van der Waals surface area contributed by atoms with Crippen LogP contribution in [-0.2, 0) is 6.42 Å². The second kappa shape index (κ2) is 7.49. The molecule has 0 radical (unpaired) electrons. The minimum absolute atomic E-state index is 0.275. The van der Waals surface area contributed by atoms with Crippen LogP contribution in [0.1, 0.15) is 44.1 Å². The number of hydrogen-bond donors (Lipinski definition) is 2. The Morgan fingerprint density at radius 3 is 2.68 bits per heavy atom. The monoisotopic (exact) mass is 300 g/mol. The molecular formula is C15H22Cl2N2. The summed E-state index contributed by atoms with van der Waals surface area (Å²) in [6, 6.07) is 5.88. The largest absolute Gasteiger partial charge is 0.271 e. The number of nitrogens with one attached hydrogen (secondary N) is 1. The van der Waals surface area contributed by atoms with Crippen molar-refractivity contribution < 1.29 is 0 Å². The Hall–Kier alpha value is -0.280. The van der Waals surface area contributed by atoms with E-state index in [1.54, 1.807) is 0 Å². The van der Waals surface area contributed by atoms with Gasteiger partial charge in [0.1, 0.15) is 0 Å². The number of hydrogen-bond acceptors (Lipinski definition) is 2. The standard InChI is InChI=1S/C15H22Cl2N2/c16-13-6-8-15(17)12(9-13)10-14(19-18)7-5-11-3-1-2-4-11/h6,8-9,11,14,19H,1-5,7,10,18H2. The van der Waals surface area contributed by atoms with Crippen LogP contribution in [0.4, 0.5) is 0 Å². The Kier molecular flexibility index (Phi) is 5.96. The zero-order valence-electron chi connectivity index (χ0n) is 11.2. The summed E-state index contributed by atoms with van der Waals surface area (Å²) >= 11 is 12.2. The van der Waals surface area contributed by atoms with E-state index in [0.717, 1.165) is 34.4 Å². The first-order valence-electron chi connectivity index (χ1n) is 7.09. The molecule has 2 nitrogen and oxygen atoms in total. The maximum absolute atomic E-state index is 6.20. The maximum Gasteiger partial charge on any atom is 0.0439 e. The van der Waals surface area contributed by atoms with Gasteiger partial charge in [-0.3, -0.25) is 11.3 Å². The molecule has 0 spiro atoms. The van der Waals surface area contributed by atoms with E-state index in [4.69, 9.17) is 29.0 Å². The van der Waals surface area contributed by atoms with Crippen LogP contribution in [-0.4, -0.2) is 6.04 Å². The molecule has 1 aromatic rings. The van der Waals surface area contributed by atoms with Crippen molar-refractivity contribution in [2.24, 2.45) is 11.8 Å². The molecule has 1 atom stereocenters. The SMILES string of the molecule is NNC(CCC1CCCC1)Cc1cc(Cl)ccc1Cl. The fourth-order valence-corrected chi connectivity index (χ4v) is 3.33. The molecule has 1 aliphatic carbocycles. The summed E-state index contributed by atoms with van der Waals surface area (Å²) in [6.45, 7) is 0. The van der Waals surface area contributed by atoms with Gasteiger partial charge in [0, 0.05) is 16.1 Å². The normalized spacial score (nSPS) is 17.8. The molecule has 0 heterocycles. The van der Waals surface area contributed by atoms with Gasteiger partial charge in [0.25, 0.3) is 0 Å². The lowest BCUT2D eigenvalue weighted by Crippen LogP contribution is -2.37. The van der Waals surface area contributed by atoms with Gasteiger partial charge in [0.2, 0.25) is 0 Å². The van der Waals surface area contributed by atoms with Crippen molar-refractivity contribution in [3.05, 3.63) is 33.8 Å². The van der Waals surface area contributed by atoms with Gasteiger partial charge in [-0.05, 0) is 48.9 Å². The minimum atomic E-state index is 0.275. The highest BCUT2D eigenvalue weighted by molar-refractivity contribution is 6.33. The van der Waals surface area contributed by atoms with Gasteiger partial charge in [-0.25, -0.2) is 0 Å². The molecule has 4 heteroatoms. The first kappa shape index (κ1) is 15.1. The average molecular weight is 301 g/mol. The molecule has 0 amide bonds. The van der Waals surface area contributed by atoms with Crippen molar-refractivity contribution in [2.75, 3.05) is 0 Å². The van der Waals surface area contributed by atoms with Gasteiger partial charge >= 0.3 is 0 Å². The zero-order chi connectivity index (χ0) is 13.7. The molecule has 1 saturated carbocycles. The van der Waals surface area contributed by atoms with Crippen molar-refractivity contribution in [3.63, 3.8) is 0 Å². The zero-order valence-corrected chi connectivity index (χ0v) is 12.7. The summed E-state index contributed by atoms with van der Waals surface area (Å²) < 4.78 is 0. The quantitative estimate of drug-likeness (QED) is 0.606. The van der Waals surface area contributed by atoms with E-state index < -0.39 is 0 Å². The Morgan fingerprint density at radius 2 is 2.00 bits per heavy atom. The third kappa shape index (κ3) is 4.64. The first-order valence-corrected chi connectivity index (χ1v) is 7.84. The van der Waals surface area contributed by atoms with Crippen LogP contribution in [0.3, 0.4) is 0 Å². The predicted molar refractivity (Wildman–Crippen MR) is 82.5 cm³/mol. The van der Waals surface area contributed by atoms with E-state index >= 15 is 0 Å². The van der Waals surface area contributed by atoms with Gasteiger partial charge < -0.3 is 0 Å². The van der Waals surface area contributed by atoms with Crippen molar-refractivity contribution >= 4 is 23.2 Å². The summed E-state index contributed by atoms with van der Waals surface area (Å²) in [5.41, 5.74) is 3.99. The molecule has 19 heavy (non-hydrogen) atoms. The van der Waals surface area contributed by atoms with E-state index in [-0.39, 0.29) is 6.04 Å². The molecule has 1 fully saturated rings. The fourth-order valence-electron chi connectivity index (χ4n) is 2.95. The summed E-state index contributed by atoms with van der Waals surface area (Å²) in [4.78, 5) is 0. The summed E-state index contributed by atoms with van der Waals surface area (Å²) in [5.74, 6) is 6.56. The van der Waals surface area contributed by atoms with Gasteiger partial charge in [0.15, 0.2) is 0 Å². The van der Waals surface area contributed by atoms with Crippen LogP contribution >= 0.6 is 23.2 Å². The van der Waals surface area contributed by atoms with Gasteiger partial charge in [-0.1, -0.05) is 48.9 Å². The second-order valence-electron chi connectivity index (χ2n) is 5.53. The smallest absolute Gasteiger partial charge is 0.0439 e. The minimum Gasteiger partial charge on any atom is -0.271 e. The molecule has 1 aromatic carbocycles. The Labute approximate surface area is 125 Å². The van der Waals surface area contributed by atoms with Crippen LogP contribution in [0.5, 0.6) is 0 Å². The van der Waals surface area contributed by atoms with E-state index in [1.165, 1.54) is 32.1 Å². The number of nitrogens with two attached hydrogens (primary N) is 1. The Balaban J connectivity index is 1.88. The molecule has 0 saturated heterocycles. The van der Waals surface area contributed by atoms with Crippen molar-refractivity contribution in [2.45, 2.75) is 51.0 Å². The third-order valence-corrected chi connectivity index (χ3v) is 4.71. The van der Waals surface area contributed by atoms with Crippen LogP contribution < -0.4 is 11.3 Å². The fraction of sp³-hybridized carbons (Fsp3) is 0.600. The lowest BCUT2D eigenvalue weighted by molar-refractivity contribution is 0.407. The highest BCUT2D eigenvalue weighted by Crippen LogP contribution is 2.29. The molecule has 0 bridgehead atoms. The Morgan fingerprint density at radius 1 is 1.26 bits per heavy atom. The first-order chi connectivity index (χ1) is 9.19. The van der Waals surface area contributed by atoms with Crippen LogP contribution in [0.25, 0.3) is 0 Å². The predicted octanol–water partition coefficient (Wildman–Crippen LogP) is 4.34. The maximum atomic E-state index is 6.20.